The van der Waals surface area contributed by atoms with Crippen LogP contribution in [0.4, 0.5) is 4.39 Å². The summed E-state index contributed by atoms with van der Waals surface area (Å²) >= 11 is 5.56. The average Bonchev–Trinajstić information content (AvgIpc) is 2.17. The summed E-state index contributed by atoms with van der Waals surface area (Å²) < 4.78 is 12.7. The van der Waals surface area contributed by atoms with E-state index in [2.05, 4.69) is 9.97 Å². The molecule has 2 aromatic rings. The third kappa shape index (κ3) is 1.60. The van der Waals surface area contributed by atoms with Crippen LogP contribution in [0.1, 0.15) is 5.82 Å². The van der Waals surface area contributed by atoms with Crippen molar-refractivity contribution in [3.8, 4) is 0 Å². The van der Waals surface area contributed by atoms with E-state index in [1.807, 2.05) is 0 Å². The zero-order valence-electron chi connectivity index (χ0n) is 6.67. The summed E-state index contributed by atoms with van der Waals surface area (Å²) in [5, 5.41) is 0.689. The first kappa shape index (κ1) is 8.38. The molecule has 0 bridgehead atoms. The topological polar surface area (TPSA) is 25.8 Å². The Morgan fingerprint density at radius 1 is 1.38 bits per heavy atom. The number of rotatable bonds is 1. The third-order valence-corrected chi connectivity index (χ3v) is 1.95. The zero-order valence-corrected chi connectivity index (χ0v) is 7.42. The summed E-state index contributed by atoms with van der Waals surface area (Å²) in [4.78, 5) is 8.08. The number of nitrogens with zero attached hydrogens (tertiary/aromatic N) is 2. The number of alkyl halides is 1. The van der Waals surface area contributed by atoms with Gasteiger partial charge >= 0.3 is 0 Å². The summed E-state index contributed by atoms with van der Waals surface area (Å²) in [6.07, 6.45) is 1.57. The molecule has 2 rings (SSSR count). The van der Waals surface area contributed by atoms with Crippen molar-refractivity contribution in [2.24, 2.45) is 0 Å². The Labute approximate surface area is 79.4 Å². The van der Waals surface area contributed by atoms with Gasteiger partial charge in [0.25, 0.3) is 0 Å². The van der Waals surface area contributed by atoms with Crippen molar-refractivity contribution in [1.82, 2.24) is 9.97 Å². The van der Waals surface area contributed by atoms with Crippen molar-refractivity contribution in [3.63, 3.8) is 0 Å². The maximum Gasteiger partial charge on any atom is 0.143 e. The highest BCUT2D eigenvalue weighted by atomic mass is 35.5. The fourth-order valence-electron chi connectivity index (χ4n) is 1.11. The van der Waals surface area contributed by atoms with Crippen LogP contribution in [0.3, 0.4) is 0 Å². The Kier molecular flexibility index (Phi) is 2.10. The Bertz CT molecular complexity index is 445. The fourth-order valence-corrected chi connectivity index (χ4v) is 1.24. The van der Waals surface area contributed by atoms with Gasteiger partial charge < -0.3 is 0 Å². The number of benzene rings is 1. The van der Waals surface area contributed by atoms with Crippen LogP contribution in [-0.4, -0.2) is 9.97 Å². The van der Waals surface area contributed by atoms with Crippen molar-refractivity contribution in [1.29, 1.82) is 0 Å². The van der Waals surface area contributed by atoms with E-state index in [0.717, 1.165) is 0 Å². The van der Waals surface area contributed by atoms with Crippen molar-refractivity contribution >= 4 is 22.5 Å². The molecule has 13 heavy (non-hydrogen) atoms. The van der Waals surface area contributed by atoms with Crippen molar-refractivity contribution in [2.75, 3.05) is 0 Å². The molecule has 0 saturated heterocycles. The number of hydrogen-bond donors (Lipinski definition) is 0. The molecule has 1 aromatic carbocycles. The third-order valence-electron chi connectivity index (χ3n) is 1.71. The molecular weight excluding hydrogens is 191 g/mol. The molecular formula is C9H6ClFN2. The highest BCUT2D eigenvalue weighted by Gasteiger charge is 1.99. The summed E-state index contributed by atoms with van der Waals surface area (Å²) in [7, 11) is 0. The molecule has 0 amide bonds. The summed E-state index contributed by atoms with van der Waals surface area (Å²) in [6, 6.07) is 4.38. The van der Waals surface area contributed by atoms with Gasteiger partial charge in [-0.2, -0.15) is 0 Å². The molecule has 0 aliphatic carbocycles. The molecule has 0 atom stereocenters. The number of halogens is 2. The SMILES string of the molecule is Fc1ccc2nc(CCl)ncc2c1. The molecule has 0 fully saturated rings. The van der Waals surface area contributed by atoms with Crippen LogP contribution in [0, 0.1) is 5.82 Å². The first-order valence-corrected chi connectivity index (χ1v) is 4.30. The van der Waals surface area contributed by atoms with Crippen LogP contribution in [0.25, 0.3) is 10.9 Å². The Hall–Kier alpha value is -1.22. The molecule has 0 N–H and O–H groups in total. The zero-order chi connectivity index (χ0) is 9.26. The van der Waals surface area contributed by atoms with Crippen molar-refractivity contribution < 1.29 is 4.39 Å². The molecule has 0 aliphatic rings. The lowest BCUT2D eigenvalue weighted by Gasteiger charge is -1.98. The van der Waals surface area contributed by atoms with E-state index >= 15 is 0 Å². The normalized spacial score (nSPS) is 10.6. The molecule has 66 valence electrons. The first-order valence-electron chi connectivity index (χ1n) is 3.77. The molecule has 0 unspecified atom stereocenters. The Morgan fingerprint density at radius 3 is 3.00 bits per heavy atom. The van der Waals surface area contributed by atoms with Gasteiger partial charge in [0, 0.05) is 11.6 Å². The van der Waals surface area contributed by atoms with Gasteiger partial charge in [0.15, 0.2) is 0 Å². The minimum absolute atomic E-state index is 0.271. The summed E-state index contributed by atoms with van der Waals surface area (Å²) in [5.74, 6) is 0.545. The van der Waals surface area contributed by atoms with Gasteiger partial charge in [-0.15, -0.1) is 11.6 Å². The molecule has 0 saturated carbocycles. The number of hydrogen-bond acceptors (Lipinski definition) is 2. The van der Waals surface area contributed by atoms with Crippen LogP contribution < -0.4 is 0 Å². The van der Waals surface area contributed by atoms with Gasteiger partial charge in [-0.05, 0) is 18.2 Å². The van der Waals surface area contributed by atoms with Gasteiger partial charge in [0.1, 0.15) is 11.6 Å². The van der Waals surface area contributed by atoms with Gasteiger partial charge in [-0.1, -0.05) is 0 Å². The predicted molar refractivity (Wildman–Crippen MR) is 49.1 cm³/mol. The maximum atomic E-state index is 12.7. The van der Waals surface area contributed by atoms with Crippen LogP contribution in [0.2, 0.25) is 0 Å². The van der Waals surface area contributed by atoms with Crippen molar-refractivity contribution in [3.05, 3.63) is 36.0 Å². The van der Waals surface area contributed by atoms with Crippen LogP contribution in [0.15, 0.2) is 24.4 Å². The fraction of sp³-hybridized carbons (Fsp3) is 0.111. The maximum absolute atomic E-state index is 12.7. The van der Waals surface area contributed by atoms with Gasteiger partial charge in [0.2, 0.25) is 0 Å². The largest absolute Gasteiger partial charge is 0.239 e. The van der Waals surface area contributed by atoms with E-state index in [9.17, 15) is 4.39 Å². The molecule has 1 aromatic heterocycles. The van der Waals surface area contributed by atoms with Gasteiger partial charge in [-0.3, -0.25) is 0 Å². The van der Waals surface area contributed by atoms with E-state index in [4.69, 9.17) is 11.6 Å². The smallest absolute Gasteiger partial charge is 0.143 e. The van der Waals surface area contributed by atoms with E-state index in [-0.39, 0.29) is 11.7 Å². The second kappa shape index (κ2) is 3.26. The first-order chi connectivity index (χ1) is 6.29. The Balaban J connectivity index is 2.66. The van der Waals surface area contributed by atoms with E-state index in [1.165, 1.54) is 12.1 Å². The lowest BCUT2D eigenvalue weighted by atomic mass is 10.2. The average molecular weight is 197 g/mol. The molecule has 2 nitrogen and oxygen atoms in total. The molecule has 1 heterocycles. The minimum Gasteiger partial charge on any atom is -0.239 e. The monoisotopic (exact) mass is 196 g/mol. The standard InChI is InChI=1S/C9H6ClFN2/c10-4-9-12-5-6-3-7(11)1-2-8(6)13-9/h1-3,5H,4H2. The summed E-state index contributed by atoms with van der Waals surface area (Å²) in [5.41, 5.74) is 0.715. The molecule has 0 aliphatic heterocycles. The minimum atomic E-state index is -0.283. The van der Waals surface area contributed by atoms with Crippen LogP contribution in [-0.2, 0) is 5.88 Å². The second-order valence-corrected chi connectivity index (χ2v) is 2.89. The highest BCUT2D eigenvalue weighted by Crippen LogP contribution is 2.12. The second-order valence-electron chi connectivity index (χ2n) is 2.62. The van der Waals surface area contributed by atoms with Crippen LogP contribution in [0.5, 0.6) is 0 Å². The van der Waals surface area contributed by atoms with Gasteiger partial charge in [0.05, 0.1) is 11.4 Å². The molecule has 0 spiro atoms. The number of aromatic nitrogens is 2. The van der Waals surface area contributed by atoms with Crippen molar-refractivity contribution in [2.45, 2.75) is 5.88 Å². The Morgan fingerprint density at radius 2 is 2.23 bits per heavy atom. The van der Waals surface area contributed by atoms with E-state index < -0.39 is 0 Å². The van der Waals surface area contributed by atoms with Gasteiger partial charge in [-0.25, -0.2) is 14.4 Å². The van der Waals surface area contributed by atoms with Crippen LogP contribution >= 0.6 is 11.6 Å². The summed E-state index contributed by atoms with van der Waals surface area (Å²) in [6.45, 7) is 0. The lowest BCUT2D eigenvalue weighted by molar-refractivity contribution is 0.629. The highest BCUT2D eigenvalue weighted by molar-refractivity contribution is 6.16. The number of fused-ring (bicyclic) bond motifs is 1. The van der Waals surface area contributed by atoms with E-state index in [1.54, 1.807) is 12.3 Å². The molecule has 4 heteroatoms. The quantitative estimate of drug-likeness (QED) is 0.655. The lowest BCUT2D eigenvalue weighted by Crippen LogP contribution is -1.91. The van der Waals surface area contributed by atoms with E-state index in [0.29, 0.717) is 16.7 Å². The predicted octanol–water partition coefficient (Wildman–Crippen LogP) is 2.51. The molecule has 0 radical (unpaired) electrons.